The van der Waals surface area contributed by atoms with Crippen LogP contribution in [0.25, 0.3) is 16.7 Å². The molecule has 2 N–H and O–H groups in total. The van der Waals surface area contributed by atoms with Gasteiger partial charge >= 0.3 is 0 Å². The molecule has 5 heteroatoms. The summed E-state index contributed by atoms with van der Waals surface area (Å²) in [4.78, 5) is 0. The minimum absolute atomic E-state index is 0.00378. The van der Waals surface area contributed by atoms with E-state index in [-0.39, 0.29) is 6.04 Å². The number of fused-ring (bicyclic) bond motifs is 1. The van der Waals surface area contributed by atoms with Crippen LogP contribution in [0.15, 0.2) is 46.9 Å². The van der Waals surface area contributed by atoms with E-state index in [0.29, 0.717) is 0 Å². The molecule has 3 rings (SSSR count). The van der Waals surface area contributed by atoms with Gasteiger partial charge in [-0.1, -0.05) is 39.3 Å². The Hall–Kier alpha value is -1.72. The van der Waals surface area contributed by atoms with E-state index in [1.165, 1.54) is 0 Å². The highest BCUT2D eigenvalue weighted by molar-refractivity contribution is 9.10. The van der Waals surface area contributed by atoms with Crippen LogP contribution in [-0.4, -0.2) is 15.0 Å². The molecule has 96 valence electrons. The van der Waals surface area contributed by atoms with Crippen LogP contribution in [0.4, 0.5) is 0 Å². The molecule has 1 heterocycles. The first-order valence-corrected chi connectivity index (χ1v) is 6.82. The number of benzene rings is 2. The molecule has 3 aromatic rings. The van der Waals surface area contributed by atoms with Gasteiger partial charge in [0.05, 0.1) is 11.2 Å². The van der Waals surface area contributed by atoms with Crippen molar-refractivity contribution < 1.29 is 0 Å². The van der Waals surface area contributed by atoms with E-state index in [1.807, 2.05) is 54.1 Å². The second-order valence-electron chi connectivity index (χ2n) is 4.48. The highest BCUT2D eigenvalue weighted by Crippen LogP contribution is 2.26. The molecule has 1 unspecified atom stereocenters. The summed E-state index contributed by atoms with van der Waals surface area (Å²) in [6.07, 6.45) is 0. The largest absolute Gasteiger partial charge is 0.324 e. The number of rotatable bonds is 2. The molecule has 1 aromatic heterocycles. The van der Waals surface area contributed by atoms with E-state index in [0.717, 1.165) is 26.8 Å². The summed E-state index contributed by atoms with van der Waals surface area (Å²) in [5.74, 6) is 0. The highest BCUT2D eigenvalue weighted by atomic mass is 79.9. The van der Waals surface area contributed by atoms with Crippen LogP contribution < -0.4 is 5.73 Å². The Kier molecular flexibility index (Phi) is 3.08. The van der Waals surface area contributed by atoms with E-state index >= 15 is 0 Å². The van der Waals surface area contributed by atoms with Crippen molar-refractivity contribution >= 4 is 27.0 Å². The van der Waals surface area contributed by atoms with Gasteiger partial charge in [0, 0.05) is 10.5 Å². The lowest BCUT2D eigenvalue weighted by Crippen LogP contribution is -2.06. The molecule has 2 aromatic carbocycles. The monoisotopic (exact) mass is 316 g/mol. The number of aromatic nitrogens is 3. The van der Waals surface area contributed by atoms with Gasteiger partial charge in [-0.25, -0.2) is 4.68 Å². The van der Waals surface area contributed by atoms with Crippen molar-refractivity contribution in [1.29, 1.82) is 0 Å². The van der Waals surface area contributed by atoms with Crippen molar-refractivity contribution in [2.75, 3.05) is 0 Å². The summed E-state index contributed by atoms with van der Waals surface area (Å²) in [6.45, 7) is 1.96. The average molecular weight is 317 g/mol. The Bertz CT molecular complexity index is 733. The maximum atomic E-state index is 5.91. The molecular formula is C14H13BrN4. The predicted octanol–water partition coefficient (Wildman–Crippen LogP) is 3.20. The van der Waals surface area contributed by atoms with Crippen molar-refractivity contribution in [3.63, 3.8) is 0 Å². The molecule has 0 saturated carbocycles. The summed E-state index contributed by atoms with van der Waals surface area (Å²) in [5.41, 5.74) is 9.82. The Balaban J connectivity index is 2.14. The van der Waals surface area contributed by atoms with Gasteiger partial charge in [-0.05, 0) is 36.8 Å². The highest BCUT2D eigenvalue weighted by Gasteiger charge is 2.09. The number of halogens is 1. The van der Waals surface area contributed by atoms with Gasteiger partial charge in [0.15, 0.2) is 0 Å². The van der Waals surface area contributed by atoms with Gasteiger partial charge in [-0.2, -0.15) is 0 Å². The molecular weight excluding hydrogens is 304 g/mol. The van der Waals surface area contributed by atoms with Crippen LogP contribution in [0.2, 0.25) is 0 Å². The molecule has 4 nitrogen and oxygen atoms in total. The molecule has 1 atom stereocenters. The summed E-state index contributed by atoms with van der Waals surface area (Å²) < 4.78 is 2.81. The van der Waals surface area contributed by atoms with Crippen molar-refractivity contribution in [2.24, 2.45) is 5.73 Å². The van der Waals surface area contributed by atoms with Gasteiger partial charge in [-0.3, -0.25) is 0 Å². The van der Waals surface area contributed by atoms with Gasteiger partial charge in [-0.15, -0.1) is 5.10 Å². The van der Waals surface area contributed by atoms with E-state index in [9.17, 15) is 0 Å². The normalized spacial score (nSPS) is 12.8. The molecule has 0 aliphatic carbocycles. The fourth-order valence-corrected chi connectivity index (χ4v) is 2.80. The Morgan fingerprint density at radius 3 is 2.74 bits per heavy atom. The second-order valence-corrected chi connectivity index (χ2v) is 5.34. The average Bonchev–Trinajstić information content (AvgIpc) is 2.82. The summed E-state index contributed by atoms with van der Waals surface area (Å²) in [7, 11) is 0. The molecule has 0 fully saturated rings. The lowest BCUT2D eigenvalue weighted by Gasteiger charge is -2.10. The van der Waals surface area contributed by atoms with Crippen molar-refractivity contribution in [3.05, 3.63) is 52.5 Å². The SMILES string of the molecule is CC(N)c1ccc(-n2nnc3ccccc32)cc1Br. The van der Waals surface area contributed by atoms with Gasteiger partial charge in [0.2, 0.25) is 0 Å². The van der Waals surface area contributed by atoms with E-state index < -0.39 is 0 Å². The molecule has 0 radical (unpaired) electrons. The quantitative estimate of drug-likeness (QED) is 0.789. The first-order valence-electron chi connectivity index (χ1n) is 6.02. The van der Waals surface area contributed by atoms with Gasteiger partial charge in [0.1, 0.15) is 5.52 Å². The second kappa shape index (κ2) is 4.75. The number of nitrogens with zero attached hydrogens (tertiary/aromatic N) is 3. The van der Waals surface area contributed by atoms with E-state index in [2.05, 4.69) is 26.2 Å². The Morgan fingerprint density at radius 2 is 2.00 bits per heavy atom. The summed E-state index contributed by atoms with van der Waals surface area (Å²) in [5, 5.41) is 8.35. The Morgan fingerprint density at radius 1 is 1.21 bits per heavy atom. The van der Waals surface area contributed by atoms with Gasteiger partial charge in [0.25, 0.3) is 0 Å². The van der Waals surface area contributed by atoms with E-state index in [1.54, 1.807) is 0 Å². The third kappa shape index (κ3) is 2.15. The number of hydrogen-bond donors (Lipinski definition) is 1. The molecule has 0 spiro atoms. The maximum absolute atomic E-state index is 5.91. The fourth-order valence-electron chi connectivity index (χ4n) is 2.08. The molecule has 0 aliphatic heterocycles. The fraction of sp³-hybridized carbons (Fsp3) is 0.143. The predicted molar refractivity (Wildman–Crippen MR) is 79.2 cm³/mol. The van der Waals surface area contributed by atoms with Crippen molar-refractivity contribution in [3.8, 4) is 5.69 Å². The minimum atomic E-state index is -0.00378. The van der Waals surface area contributed by atoms with Crippen LogP contribution in [0, 0.1) is 0 Å². The Labute approximate surface area is 119 Å². The zero-order valence-electron chi connectivity index (χ0n) is 10.4. The number of hydrogen-bond acceptors (Lipinski definition) is 3. The smallest absolute Gasteiger partial charge is 0.113 e. The van der Waals surface area contributed by atoms with Gasteiger partial charge < -0.3 is 5.73 Å². The zero-order valence-corrected chi connectivity index (χ0v) is 12.0. The third-order valence-corrected chi connectivity index (χ3v) is 3.76. The molecule has 0 aliphatic rings. The lowest BCUT2D eigenvalue weighted by atomic mass is 10.1. The van der Waals surface area contributed by atoms with Crippen LogP contribution in [0.3, 0.4) is 0 Å². The molecule has 0 bridgehead atoms. The molecule has 19 heavy (non-hydrogen) atoms. The van der Waals surface area contributed by atoms with E-state index in [4.69, 9.17) is 5.73 Å². The topological polar surface area (TPSA) is 56.7 Å². The van der Waals surface area contributed by atoms with Crippen LogP contribution in [-0.2, 0) is 0 Å². The maximum Gasteiger partial charge on any atom is 0.113 e. The number of para-hydroxylation sites is 1. The van der Waals surface area contributed by atoms with Crippen LogP contribution >= 0.6 is 15.9 Å². The summed E-state index contributed by atoms with van der Waals surface area (Å²) >= 11 is 3.56. The molecule has 0 amide bonds. The van der Waals surface area contributed by atoms with Crippen molar-refractivity contribution in [1.82, 2.24) is 15.0 Å². The third-order valence-electron chi connectivity index (χ3n) is 3.07. The zero-order chi connectivity index (χ0) is 13.4. The standard InChI is InChI=1S/C14H13BrN4/c1-9(16)11-7-6-10(8-12(11)15)19-14-5-3-2-4-13(14)17-18-19/h2-9H,16H2,1H3. The van der Waals surface area contributed by atoms with Crippen LogP contribution in [0.5, 0.6) is 0 Å². The minimum Gasteiger partial charge on any atom is -0.324 e. The first kappa shape index (κ1) is 12.3. The lowest BCUT2D eigenvalue weighted by molar-refractivity contribution is 0.802. The summed E-state index contributed by atoms with van der Waals surface area (Å²) in [6, 6.07) is 13.9. The van der Waals surface area contributed by atoms with Crippen LogP contribution in [0.1, 0.15) is 18.5 Å². The molecule has 0 saturated heterocycles. The van der Waals surface area contributed by atoms with Crippen molar-refractivity contribution in [2.45, 2.75) is 13.0 Å². The first-order chi connectivity index (χ1) is 9.16. The number of nitrogens with two attached hydrogens (primary N) is 1.